The maximum Gasteiger partial charge on any atom is 0.151 e. The largest absolute Gasteiger partial charge is 0.318 e. The minimum Gasteiger partial charge on any atom is -0.318 e. The molecule has 1 heterocycles. The first-order valence-electron chi connectivity index (χ1n) is 2.69. The summed E-state index contributed by atoms with van der Waals surface area (Å²) in [5.74, 6) is 1.65. The van der Waals surface area contributed by atoms with Crippen LogP contribution in [0.5, 0.6) is 0 Å². The molecule has 1 saturated heterocycles. The maximum absolute atomic E-state index is 10.8. The molecule has 0 aromatic rings. The van der Waals surface area contributed by atoms with Gasteiger partial charge in [-0.15, -0.1) is 0 Å². The van der Waals surface area contributed by atoms with Crippen LogP contribution in [0.15, 0.2) is 0 Å². The van der Waals surface area contributed by atoms with E-state index in [9.17, 15) is 4.79 Å². The van der Waals surface area contributed by atoms with Crippen molar-refractivity contribution in [2.75, 3.05) is 11.5 Å². The Morgan fingerprint density at radius 1 is 1.56 bits per heavy atom. The van der Waals surface area contributed by atoms with Gasteiger partial charge in [0.25, 0.3) is 0 Å². The van der Waals surface area contributed by atoms with Crippen molar-refractivity contribution >= 4 is 27.4 Å². The monoisotopic (exact) mass is 163 g/mol. The molecule has 0 saturated carbocycles. The van der Waals surface area contributed by atoms with E-state index in [1.165, 1.54) is 0 Å². The molecule has 0 aliphatic carbocycles. The van der Waals surface area contributed by atoms with E-state index in [0.717, 1.165) is 11.5 Å². The van der Waals surface area contributed by atoms with E-state index in [1.54, 1.807) is 28.5 Å². The fourth-order valence-corrected chi connectivity index (χ4v) is 3.63. The molecule has 0 bridgehead atoms. The van der Waals surface area contributed by atoms with Crippen molar-refractivity contribution in [3.8, 4) is 0 Å². The lowest BCUT2D eigenvalue weighted by Gasteiger charge is -2.16. The molecular formula is C5H9NOS2. The Hall–Kier alpha value is 0.330. The lowest BCUT2D eigenvalue weighted by Crippen LogP contribution is -2.48. The molecule has 52 valence electrons. The number of nitrogens with two attached hydrogens (primary N) is 1. The average molecular weight is 163 g/mol. The minimum atomic E-state index is -0.519. The average Bonchev–Trinajstić information content (AvgIpc) is 2.16. The molecule has 0 spiro atoms. The van der Waals surface area contributed by atoms with E-state index in [0.29, 0.717) is 0 Å². The Balaban J connectivity index is 2.61. The van der Waals surface area contributed by atoms with Crippen molar-refractivity contribution in [1.82, 2.24) is 0 Å². The highest BCUT2D eigenvalue weighted by Crippen LogP contribution is 2.36. The molecular weight excluding hydrogens is 154 g/mol. The molecule has 9 heavy (non-hydrogen) atoms. The van der Waals surface area contributed by atoms with Crippen LogP contribution in [0.25, 0.3) is 0 Å². The number of Topliss-reactive ketones (excluding diaryl/α,β-unsaturated/α-hetero) is 1. The summed E-state index contributed by atoms with van der Waals surface area (Å²) in [6, 6.07) is 0. The Kier molecular flexibility index (Phi) is 2.08. The topological polar surface area (TPSA) is 43.1 Å². The van der Waals surface area contributed by atoms with Gasteiger partial charge in [-0.25, -0.2) is 0 Å². The van der Waals surface area contributed by atoms with Crippen molar-refractivity contribution in [1.29, 1.82) is 0 Å². The van der Waals surface area contributed by atoms with Crippen LogP contribution in [-0.2, 0) is 4.79 Å². The molecule has 0 amide bonds. The number of carbonyl (C=O) groups excluding carboxylic acids is 1. The Morgan fingerprint density at radius 3 is 2.22 bits per heavy atom. The summed E-state index contributed by atoms with van der Waals surface area (Å²) in [5.41, 5.74) is 5.19. The first-order valence-corrected chi connectivity index (χ1v) is 5.18. The predicted molar refractivity (Wildman–Crippen MR) is 42.5 cm³/mol. The molecule has 2 N–H and O–H groups in total. The molecule has 0 atom stereocenters. The quantitative estimate of drug-likeness (QED) is 0.577. The van der Waals surface area contributed by atoms with Crippen molar-refractivity contribution in [2.45, 2.75) is 12.5 Å². The third-order valence-electron chi connectivity index (χ3n) is 1.42. The lowest BCUT2D eigenvalue weighted by atomic mass is 10.0. The third-order valence-corrected chi connectivity index (χ3v) is 4.06. The van der Waals surface area contributed by atoms with Gasteiger partial charge in [-0.2, -0.15) is 0 Å². The van der Waals surface area contributed by atoms with Crippen LogP contribution in [-0.4, -0.2) is 22.8 Å². The van der Waals surface area contributed by atoms with Gasteiger partial charge in [-0.1, -0.05) is 21.6 Å². The summed E-state index contributed by atoms with van der Waals surface area (Å²) in [7, 11) is 3.36. The first kappa shape index (κ1) is 7.44. The van der Waals surface area contributed by atoms with E-state index in [1.807, 2.05) is 0 Å². The highest BCUT2D eigenvalue weighted by molar-refractivity contribution is 8.77. The van der Waals surface area contributed by atoms with Crippen molar-refractivity contribution in [3.63, 3.8) is 0 Å². The number of carbonyl (C=O) groups is 1. The van der Waals surface area contributed by atoms with Gasteiger partial charge in [0.2, 0.25) is 0 Å². The molecule has 1 rings (SSSR count). The van der Waals surface area contributed by atoms with Gasteiger partial charge in [0.1, 0.15) is 0 Å². The smallest absolute Gasteiger partial charge is 0.151 e. The molecule has 1 aliphatic heterocycles. The number of rotatable bonds is 1. The SMILES string of the molecule is CC(=O)C1(N)CSSC1. The van der Waals surface area contributed by atoms with Crippen molar-refractivity contribution in [3.05, 3.63) is 0 Å². The fourth-order valence-electron chi connectivity index (χ4n) is 0.539. The van der Waals surface area contributed by atoms with Gasteiger partial charge < -0.3 is 5.73 Å². The first-order chi connectivity index (χ1) is 4.15. The standard InChI is InChI=1S/C5H9NOS2/c1-4(7)5(6)2-8-9-3-5/h2-3,6H2,1H3. The molecule has 0 unspecified atom stereocenters. The summed E-state index contributed by atoms with van der Waals surface area (Å²) < 4.78 is 0. The molecule has 1 aliphatic rings. The molecule has 0 radical (unpaired) electrons. The van der Waals surface area contributed by atoms with Crippen molar-refractivity contribution < 1.29 is 4.79 Å². The molecule has 0 aromatic heterocycles. The van der Waals surface area contributed by atoms with E-state index < -0.39 is 5.54 Å². The number of hydrogen-bond acceptors (Lipinski definition) is 4. The molecule has 4 heteroatoms. The number of ketones is 1. The zero-order valence-corrected chi connectivity index (χ0v) is 6.85. The van der Waals surface area contributed by atoms with E-state index in [-0.39, 0.29) is 5.78 Å². The lowest BCUT2D eigenvalue weighted by molar-refractivity contribution is -0.120. The van der Waals surface area contributed by atoms with E-state index >= 15 is 0 Å². The van der Waals surface area contributed by atoms with Crippen LogP contribution in [0.4, 0.5) is 0 Å². The second-order valence-corrected chi connectivity index (χ2v) is 4.70. The predicted octanol–water partition coefficient (Wildman–Crippen LogP) is 0.668. The normalized spacial score (nSPS) is 24.2. The van der Waals surface area contributed by atoms with E-state index in [2.05, 4.69) is 0 Å². The van der Waals surface area contributed by atoms with Crippen LogP contribution < -0.4 is 5.73 Å². The maximum atomic E-state index is 10.8. The Bertz CT molecular complexity index is 131. The van der Waals surface area contributed by atoms with Gasteiger partial charge in [-0.05, 0) is 6.92 Å². The molecule has 1 fully saturated rings. The van der Waals surface area contributed by atoms with Crippen LogP contribution in [0.1, 0.15) is 6.92 Å². The van der Waals surface area contributed by atoms with Gasteiger partial charge in [-0.3, -0.25) is 4.79 Å². The Labute approximate surface area is 62.3 Å². The third kappa shape index (κ3) is 1.42. The molecule has 2 nitrogen and oxygen atoms in total. The summed E-state index contributed by atoms with van der Waals surface area (Å²) in [5, 5.41) is 0. The van der Waals surface area contributed by atoms with Crippen LogP contribution >= 0.6 is 21.6 Å². The Morgan fingerprint density at radius 2 is 2.00 bits per heavy atom. The van der Waals surface area contributed by atoms with Gasteiger partial charge in [0.05, 0.1) is 5.54 Å². The zero-order chi connectivity index (χ0) is 6.91. The zero-order valence-electron chi connectivity index (χ0n) is 5.22. The second kappa shape index (κ2) is 2.52. The fraction of sp³-hybridized carbons (Fsp3) is 0.800. The summed E-state index contributed by atoms with van der Waals surface area (Å²) >= 11 is 0. The number of hydrogen-bond donors (Lipinski definition) is 1. The summed E-state index contributed by atoms with van der Waals surface area (Å²) in [6.45, 7) is 1.56. The van der Waals surface area contributed by atoms with Crippen LogP contribution in [0.3, 0.4) is 0 Å². The second-order valence-electron chi connectivity index (χ2n) is 2.24. The summed E-state index contributed by atoms with van der Waals surface area (Å²) in [6.07, 6.45) is 0. The summed E-state index contributed by atoms with van der Waals surface area (Å²) in [4.78, 5) is 10.8. The van der Waals surface area contributed by atoms with Gasteiger partial charge in [0, 0.05) is 11.5 Å². The van der Waals surface area contributed by atoms with Crippen LogP contribution in [0, 0.1) is 0 Å². The van der Waals surface area contributed by atoms with Crippen molar-refractivity contribution in [2.24, 2.45) is 5.73 Å². The molecule has 0 aromatic carbocycles. The highest BCUT2D eigenvalue weighted by Gasteiger charge is 2.35. The highest BCUT2D eigenvalue weighted by atomic mass is 33.1. The minimum absolute atomic E-state index is 0.111. The van der Waals surface area contributed by atoms with Crippen LogP contribution in [0.2, 0.25) is 0 Å². The van der Waals surface area contributed by atoms with E-state index in [4.69, 9.17) is 5.73 Å². The van der Waals surface area contributed by atoms with Gasteiger partial charge >= 0.3 is 0 Å². The van der Waals surface area contributed by atoms with Gasteiger partial charge in [0.15, 0.2) is 5.78 Å².